The number of nitrogens with one attached hydrogen (secondary N) is 1. The minimum Gasteiger partial charge on any atom is -0.471 e. The molecule has 2 aromatic carbocycles. The van der Waals surface area contributed by atoms with Gasteiger partial charge in [-0.15, -0.1) is 0 Å². The Morgan fingerprint density at radius 2 is 1.85 bits per heavy atom. The second-order valence-corrected chi connectivity index (χ2v) is 8.89. The molecule has 2 heterocycles. The fraction of sp³-hybridized carbons (Fsp3) is 0.0952. The molecular formula is C21H14BrCl3FN5O2. The van der Waals surface area contributed by atoms with Gasteiger partial charge in [0.15, 0.2) is 18.2 Å². The molecule has 0 saturated heterocycles. The third-order valence-corrected chi connectivity index (χ3v) is 6.01. The lowest BCUT2D eigenvalue weighted by molar-refractivity contribution is 0.101. The molecular weight excluding hydrogens is 560 g/mol. The Hall–Kier alpha value is -2.59. The molecule has 170 valence electrons. The van der Waals surface area contributed by atoms with Crippen LogP contribution in [0.15, 0.2) is 59.3 Å². The number of hydrogen-bond acceptors (Lipinski definition) is 4. The van der Waals surface area contributed by atoms with Gasteiger partial charge in [-0.3, -0.25) is 9.48 Å². The largest absolute Gasteiger partial charge is 0.471 e. The predicted octanol–water partition coefficient (Wildman–Crippen LogP) is 6.28. The summed E-state index contributed by atoms with van der Waals surface area (Å²) in [6, 6.07) is 10.9. The number of hydrogen-bond donors (Lipinski definition) is 1. The molecule has 0 aliphatic heterocycles. The van der Waals surface area contributed by atoms with Crippen molar-refractivity contribution in [3.8, 4) is 5.75 Å². The van der Waals surface area contributed by atoms with Crippen LogP contribution in [-0.4, -0.2) is 25.5 Å². The van der Waals surface area contributed by atoms with Crippen LogP contribution in [0.5, 0.6) is 5.75 Å². The van der Waals surface area contributed by atoms with E-state index in [1.165, 1.54) is 28.9 Å². The van der Waals surface area contributed by atoms with E-state index in [1.807, 2.05) is 6.07 Å². The number of halogens is 5. The van der Waals surface area contributed by atoms with Gasteiger partial charge >= 0.3 is 0 Å². The van der Waals surface area contributed by atoms with Crippen LogP contribution in [0.4, 0.5) is 10.2 Å². The second kappa shape index (κ2) is 10.1. The average Bonchev–Trinajstić information content (AvgIpc) is 3.38. The Bertz CT molecular complexity index is 1330. The highest BCUT2D eigenvalue weighted by Crippen LogP contribution is 2.25. The maximum Gasteiger partial charge on any atom is 0.277 e. The molecule has 2 aromatic heterocycles. The van der Waals surface area contributed by atoms with Crippen LogP contribution in [0.25, 0.3) is 0 Å². The number of rotatable bonds is 7. The zero-order chi connectivity index (χ0) is 23.5. The first kappa shape index (κ1) is 23.6. The SMILES string of the molecule is O=C(Nc1nn(Cc2ccc(Cl)c(Cl)c2)cc1Br)c1ccn(COc2ccc(F)c(Cl)c2)n1. The molecule has 0 radical (unpaired) electrons. The third kappa shape index (κ3) is 5.86. The lowest BCUT2D eigenvalue weighted by atomic mass is 10.2. The number of nitrogens with zero attached hydrogens (tertiary/aromatic N) is 4. The van der Waals surface area contributed by atoms with Gasteiger partial charge in [0.25, 0.3) is 5.91 Å². The fourth-order valence-corrected chi connectivity index (χ4v) is 3.73. The van der Waals surface area contributed by atoms with Crippen LogP contribution in [0, 0.1) is 5.82 Å². The molecule has 4 aromatic rings. The molecule has 0 spiro atoms. The van der Waals surface area contributed by atoms with Crippen LogP contribution in [0.2, 0.25) is 15.1 Å². The molecule has 1 amide bonds. The van der Waals surface area contributed by atoms with E-state index < -0.39 is 11.7 Å². The third-order valence-electron chi connectivity index (χ3n) is 4.41. The van der Waals surface area contributed by atoms with Crippen molar-refractivity contribution in [1.82, 2.24) is 19.6 Å². The number of amides is 1. The van der Waals surface area contributed by atoms with E-state index in [4.69, 9.17) is 39.5 Å². The van der Waals surface area contributed by atoms with E-state index in [0.29, 0.717) is 32.6 Å². The van der Waals surface area contributed by atoms with E-state index >= 15 is 0 Å². The van der Waals surface area contributed by atoms with Gasteiger partial charge in [-0.05, 0) is 51.8 Å². The standard InChI is InChI=1S/C21H14BrCl3FN5O2/c22-14-10-31(9-12-1-3-15(23)16(24)7-12)29-20(14)27-21(32)19-5-6-30(28-19)11-33-13-2-4-18(26)17(25)8-13/h1-8,10H,9,11H2,(H,27,29,32). The molecule has 0 aliphatic carbocycles. The summed E-state index contributed by atoms with van der Waals surface area (Å²) in [6.45, 7) is 0.446. The topological polar surface area (TPSA) is 74.0 Å². The first-order valence-electron chi connectivity index (χ1n) is 9.38. The molecule has 33 heavy (non-hydrogen) atoms. The second-order valence-electron chi connectivity index (χ2n) is 6.82. The summed E-state index contributed by atoms with van der Waals surface area (Å²) in [5.74, 6) is -0.266. The highest BCUT2D eigenvalue weighted by Gasteiger charge is 2.15. The van der Waals surface area contributed by atoms with Gasteiger partial charge in [-0.1, -0.05) is 40.9 Å². The van der Waals surface area contributed by atoms with E-state index in [0.717, 1.165) is 5.56 Å². The van der Waals surface area contributed by atoms with Crippen molar-refractivity contribution >= 4 is 62.5 Å². The quantitative estimate of drug-likeness (QED) is 0.283. The predicted molar refractivity (Wildman–Crippen MR) is 128 cm³/mol. The molecule has 0 atom stereocenters. The van der Waals surface area contributed by atoms with Crippen LogP contribution in [0.3, 0.4) is 0 Å². The Morgan fingerprint density at radius 3 is 2.61 bits per heavy atom. The van der Waals surface area contributed by atoms with Crippen molar-refractivity contribution in [3.63, 3.8) is 0 Å². The van der Waals surface area contributed by atoms with Crippen molar-refractivity contribution in [3.05, 3.63) is 91.5 Å². The van der Waals surface area contributed by atoms with Gasteiger partial charge in [0.1, 0.15) is 11.6 Å². The van der Waals surface area contributed by atoms with E-state index in [1.54, 1.807) is 29.2 Å². The van der Waals surface area contributed by atoms with Gasteiger partial charge < -0.3 is 10.1 Å². The van der Waals surface area contributed by atoms with Crippen molar-refractivity contribution < 1.29 is 13.9 Å². The highest BCUT2D eigenvalue weighted by atomic mass is 79.9. The maximum absolute atomic E-state index is 13.2. The minimum absolute atomic E-state index is 0.0111. The number of benzene rings is 2. The molecule has 4 rings (SSSR count). The Kier molecular flexibility index (Phi) is 7.23. The summed E-state index contributed by atoms with van der Waals surface area (Å²) in [5.41, 5.74) is 1.07. The lowest BCUT2D eigenvalue weighted by Crippen LogP contribution is -2.15. The molecule has 7 nitrogen and oxygen atoms in total. The number of anilines is 1. The first-order valence-corrected chi connectivity index (χ1v) is 11.3. The van der Waals surface area contributed by atoms with Crippen molar-refractivity contribution in [2.24, 2.45) is 0 Å². The summed E-state index contributed by atoms with van der Waals surface area (Å²) < 4.78 is 22.4. The molecule has 12 heteroatoms. The smallest absolute Gasteiger partial charge is 0.277 e. The summed E-state index contributed by atoms with van der Waals surface area (Å²) in [4.78, 5) is 12.6. The van der Waals surface area contributed by atoms with Gasteiger partial charge in [0, 0.05) is 18.5 Å². The van der Waals surface area contributed by atoms with Crippen LogP contribution < -0.4 is 10.1 Å². The number of aromatic nitrogens is 4. The molecule has 0 aliphatic rings. The van der Waals surface area contributed by atoms with E-state index in [-0.39, 0.29) is 17.4 Å². The van der Waals surface area contributed by atoms with Crippen LogP contribution >= 0.6 is 50.7 Å². The first-order chi connectivity index (χ1) is 15.8. The van der Waals surface area contributed by atoms with Crippen LogP contribution in [-0.2, 0) is 13.3 Å². The summed E-state index contributed by atoms with van der Waals surface area (Å²) >= 11 is 21.1. The lowest BCUT2D eigenvalue weighted by Gasteiger charge is -2.06. The highest BCUT2D eigenvalue weighted by molar-refractivity contribution is 9.10. The van der Waals surface area contributed by atoms with Gasteiger partial charge in [-0.2, -0.15) is 10.2 Å². The number of carbonyl (C=O) groups excluding carboxylic acids is 1. The van der Waals surface area contributed by atoms with Crippen molar-refractivity contribution in [2.45, 2.75) is 13.3 Å². The molecule has 0 bridgehead atoms. The fourth-order valence-electron chi connectivity index (χ4n) is 2.82. The van der Waals surface area contributed by atoms with Crippen molar-refractivity contribution in [2.75, 3.05) is 5.32 Å². The zero-order valence-corrected chi connectivity index (χ0v) is 20.5. The maximum atomic E-state index is 13.2. The molecule has 0 unspecified atom stereocenters. The molecule has 0 saturated carbocycles. The average molecular weight is 574 g/mol. The summed E-state index contributed by atoms with van der Waals surface area (Å²) in [6.07, 6.45) is 3.32. The van der Waals surface area contributed by atoms with Gasteiger partial charge in [0.2, 0.25) is 0 Å². The number of ether oxygens (including phenoxy) is 1. The van der Waals surface area contributed by atoms with Gasteiger partial charge in [0.05, 0.1) is 26.1 Å². The summed E-state index contributed by atoms with van der Waals surface area (Å²) in [5, 5.41) is 12.2. The Morgan fingerprint density at radius 1 is 1.03 bits per heavy atom. The van der Waals surface area contributed by atoms with Gasteiger partial charge in [-0.25, -0.2) is 9.07 Å². The number of carbonyl (C=O) groups is 1. The summed E-state index contributed by atoms with van der Waals surface area (Å²) in [7, 11) is 0. The monoisotopic (exact) mass is 571 g/mol. The normalized spacial score (nSPS) is 10.9. The zero-order valence-electron chi connectivity index (χ0n) is 16.6. The van der Waals surface area contributed by atoms with Crippen molar-refractivity contribution in [1.29, 1.82) is 0 Å². The Balaban J connectivity index is 1.37. The van der Waals surface area contributed by atoms with E-state index in [9.17, 15) is 9.18 Å². The molecule has 1 N–H and O–H groups in total. The van der Waals surface area contributed by atoms with E-state index in [2.05, 4.69) is 31.4 Å². The Labute approximate surface area is 211 Å². The molecule has 0 fully saturated rings. The minimum atomic E-state index is -0.535. The van der Waals surface area contributed by atoms with Crippen LogP contribution in [0.1, 0.15) is 16.1 Å².